The number of halogens is 2. The summed E-state index contributed by atoms with van der Waals surface area (Å²) in [6.45, 7) is 7.19. The lowest BCUT2D eigenvalue weighted by Gasteiger charge is -2.26. The Balaban J connectivity index is 2.52. The SMILES string of the molecule is CCCC(C)(C)NCc1ccc(C(F)F)cc1. The van der Waals surface area contributed by atoms with Crippen LogP contribution in [0.4, 0.5) is 8.78 Å². The normalized spacial score (nSPS) is 12.1. The number of nitrogens with one attached hydrogen (secondary N) is 1. The van der Waals surface area contributed by atoms with Gasteiger partial charge in [-0.15, -0.1) is 0 Å². The van der Waals surface area contributed by atoms with E-state index in [-0.39, 0.29) is 11.1 Å². The first-order valence-corrected chi connectivity index (χ1v) is 6.06. The Labute approximate surface area is 102 Å². The van der Waals surface area contributed by atoms with Gasteiger partial charge in [0.15, 0.2) is 0 Å². The van der Waals surface area contributed by atoms with Crippen molar-refractivity contribution in [1.82, 2.24) is 5.32 Å². The van der Waals surface area contributed by atoms with Crippen molar-refractivity contribution in [3.05, 3.63) is 35.4 Å². The average molecular weight is 241 g/mol. The van der Waals surface area contributed by atoms with Crippen molar-refractivity contribution in [2.75, 3.05) is 0 Å². The van der Waals surface area contributed by atoms with Gasteiger partial charge in [-0.3, -0.25) is 0 Å². The highest BCUT2D eigenvalue weighted by molar-refractivity contribution is 5.23. The average Bonchev–Trinajstić information content (AvgIpc) is 2.27. The van der Waals surface area contributed by atoms with Crippen molar-refractivity contribution in [2.24, 2.45) is 0 Å². The Morgan fingerprint density at radius 3 is 2.24 bits per heavy atom. The summed E-state index contributed by atoms with van der Waals surface area (Å²) in [5.41, 5.74) is 1.22. The van der Waals surface area contributed by atoms with Crippen LogP contribution in [0.25, 0.3) is 0 Å². The lowest BCUT2D eigenvalue weighted by Crippen LogP contribution is -2.38. The van der Waals surface area contributed by atoms with Crippen LogP contribution < -0.4 is 5.32 Å². The van der Waals surface area contributed by atoms with Crippen molar-refractivity contribution in [1.29, 1.82) is 0 Å². The van der Waals surface area contributed by atoms with Crippen LogP contribution in [-0.4, -0.2) is 5.54 Å². The Hall–Kier alpha value is -0.960. The molecule has 0 amide bonds. The van der Waals surface area contributed by atoms with E-state index in [9.17, 15) is 8.78 Å². The summed E-state index contributed by atoms with van der Waals surface area (Å²) in [5.74, 6) is 0. The monoisotopic (exact) mass is 241 g/mol. The molecule has 0 unspecified atom stereocenters. The summed E-state index contributed by atoms with van der Waals surface area (Å²) in [6, 6.07) is 6.51. The highest BCUT2D eigenvalue weighted by atomic mass is 19.3. The summed E-state index contributed by atoms with van der Waals surface area (Å²) in [5, 5.41) is 3.44. The van der Waals surface area contributed by atoms with E-state index in [1.807, 2.05) is 0 Å². The molecule has 0 bridgehead atoms. The van der Waals surface area contributed by atoms with Gasteiger partial charge in [-0.25, -0.2) is 8.78 Å². The van der Waals surface area contributed by atoms with Gasteiger partial charge in [0.25, 0.3) is 6.43 Å². The first-order chi connectivity index (χ1) is 7.94. The van der Waals surface area contributed by atoms with Crippen molar-refractivity contribution in [3.8, 4) is 0 Å². The molecule has 0 radical (unpaired) electrons. The molecule has 0 heterocycles. The largest absolute Gasteiger partial charge is 0.308 e. The minimum Gasteiger partial charge on any atom is -0.308 e. The molecule has 0 atom stereocenters. The molecule has 0 aromatic heterocycles. The quantitative estimate of drug-likeness (QED) is 0.783. The molecule has 96 valence electrons. The summed E-state index contributed by atoms with van der Waals surface area (Å²) in [7, 11) is 0. The molecule has 0 aliphatic heterocycles. The van der Waals surface area contributed by atoms with E-state index >= 15 is 0 Å². The van der Waals surface area contributed by atoms with Crippen LogP contribution in [0.5, 0.6) is 0 Å². The second-order valence-corrected chi connectivity index (χ2v) is 5.03. The number of benzene rings is 1. The number of alkyl halides is 2. The third-order valence-electron chi connectivity index (χ3n) is 2.88. The van der Waals surface area contributed by atoms with E-state index in [2.05, 4.69) is 26.1 Å². The molecular formula is C14H21F2N. The van der Waals surface area contributed by atoms with E-state index < -0.39 is 6.43 Å². The molecule has 0 saturated heterocycles. The molecule has 0 fully saturated rings. The maximum Gasteiger partial charge on any atom is 0.263 e. The molecule has 1 nitrogen and oxygen atoms in total. The number of hydrogen-bond acceptors (Lipinski definition) is 1. The smallest absolute Gasteiger partial charge is 0.263 e. The van der Waals surface area contributed by atoms with Gasteiger partial charge in [-0.2, -0.15) is 0 Å². The molecule has 3 heteroatoms. The zero-order valence-electron chi connectivity index (χ0n) is 10.8. The van der Waals surface area contributed by atoms with Gasteiger partial charge in [0.1, 0.15) is 0 Å². The molecule has 0 aliphatic carbocycles. The van der Waals surface area contributed by atoms with Gasteiger partial charge in [-0.05, 0) is 25.8 Å². The lowest BCUT2D eigenvalue weighted by molar-refractivity contribution is 0.151. The van der Waals surface area contributed by atoms with Gasteiger partial charge in [0.05, 0.1) is 0 Å². The summed E-state index contributed by atoms with van der Waals surface area (Å²) in [6.07, 6.45) is -0.152. The maximum atomic E-state index is 12.4. The van der Waals surface area contributed by atoms with Crippen LogP contribution in [0.2, 0.25) is 0 Å². The second kappa shape index (κ2) is 6.10. The van der Waals surface area contributed by atoms with E-state index in [1.165, 1.54) is 12.1 Å². The van der Waals surface area contributed by atoms with Crippen LogP contribution in [0.15, 0.2) is 24.3 Å². The fourth-order valence-corrected chi connectivity index (χ4v) is 1.84. The van der Waals surface area contributed by atoms with E-state index in [4.69, 9.17) is 0 Å². The predicted molar refractivity (Wildman–Crippen MR) is 67.2 cm³/mol. The predicted octanol–water partition coefficient (Wildman–Crippen LogP) is 4.29. The van der Waals surface area contributed by atoms with Gasteiger partial charge in [0.2, 0.25) is 0 Å². The molecule has 1 N–H and O–H groups in total. The standard InChI is InChI=1S/C14H21F2N/c1-4-9-14(2,3)17-10-11-5-7-12(8-6-11)13(15)16/h5-8,13,17H,4,9-10H2,1-3H3. The Kier molecular flexibility index (Phi) is 5.06. The summed E-state index contributed by atoms with van der Waals surface area (Å²) in [4.78, 5) is 0. The highest BCUT2D eigenvalue weighted by Crippen LogP contribution is 2.19. The van der Waals surface area contributed by atoms with Crippen LogP contribution >= 0.6 is 0 Å². The zero-order chi connectivity index (χ0) is 12.9. The van der Waals surface area contributed by atoms with Gasteiger partial charge in [0, 0.05) is 17.6 Å². The molecule has 0 spiro atoms. The minimum absolute atomic E-state index is 0.0848. The Bertz CT molecular complexity index is 331. The molecule has 17 heavy (non-hydrogen) atoms. The lowest BCUT2D eigenvalue weighted by atomic mass is 9.98. The van der Waals surface area contributed by atoms with Crippen molar-refractivity contribution in [3.63, 3.8) is 0 Å². The van der Waals surface area contributed by atoms with E-state index in [0.717, 1.165) is 24.9 Å². The summed E-state index contributed by atoms with van der Waals surface area (Å²) < 4.78 is 24.7. The van der Waals surface area contributed by atoms with Gasteiger partial charge >= 0.3 is 0 Å². The number of hydrogen-bond donors (Lipinski definition) is 1. The molecule has 0 aliphatic rings. The second-order valence-electron chi connectivity index (χ2n) is 5.03. The maximum absolute atomic E-state index is 12.4. The van der Waals surface area contributed by atoms with Gasteiger partial charge in [-0.1, -0.05) is 37.6 Å². The third-order valence-corrected chi connectivity index (χ3v) is 2.88. The fraction of sp³-hybridized carbons (Fsp3) is 0.571. The highest BCUT2D eigenvalue weighted by Gasteiger charge is 2.15. The van der Waals surface area contributed by atoms with Crippen LogP contribution in [0.3, 0.4) is 0 Å². The minimum atomic E-state index is -2.38. The molecule has 1 aromatic rings. The van der Waals surface area contributed by atoms with Crippen LogP contribution in [-0.2, 0) is 6.54 Å². The zero-order valence-corrected chi connectivity index (χ0v) is 10.8. The van der Waals surface area contributed by atoms with Crippen molar-refractivity contribution >= 4 is 0 Å². The van der Waals surface area contributed by atoms with Crippen LogP contribution in [0, 0.1) is 0 Å². The van der Waals surface area contributed by atoms with Gasteiger partial charge < -0.3 is 5.32 Å². The van der Waals surface area contributed by atoms with E-state index in [1.54, 1.807) is 12.1 Å². The first-order valence-electron chi connectivity index (χ1n) is 6.06. The Morgan fingerprint density at radius 1 is 1.18 bits per heavy atom. The van der Waals surface area contributed by atoms with Crippen LogP contribution in [0.1, 0.15) is 51.2 Å². The van der Waals surface area contributed by atoms with Crippen molar-refractivity contribution in [2.45, 2.75) is 52.1 Å². The summed E-state index contributed by atoms with van der Waals surface area (Å²) >= 11 is 0. The fourth-order valence-electron chi connectivity index (χ4n) is 1.84. The molecule has 1 rings (SSSR count). The molecular weight excluding hydrogens is 220 g/mol. The Morgan fingerprint density at radius 2 is 1.76 bits per heavy atom. The first kappa shape index (κ1) is 14.1. The number of rotatable bonds is 6. The third kappa shape index (κ3) is 4.82. The van der Waals surface area contributed by atoms with Crippen molar-refractivity contribution < 1.29 is 8.78 Å². The topological polar surface area (TPSA) is 12.0 Å². The molecule has 1 aromatic carbocycles. The molecule has 0 saturated carbocycles. The van der Waals surface area contributed by atoms with E-state index in [0.29, 0.717) is 0 Å².